The molecule has 2 aliphatic heterocycles. The predicted octanol–water partition coefficient (Wildman–Crippen LogP) is 2.09. The summed E-state index contributed by atoms with van der Waals surface area (Å²) in [5.41, 5.74) is 5.85. The first-order valence-electron chi connectivity index (χ1n) is 14.5. The Hall–Kier alpha value is -2.84. The average molecular weight is 609 g/mol. The number of amides is 3. The van der Waals surface area contributed by atoms with E-state index in [0.717, 1.165) is 24.7 Å². The van der Waals surface area contributed by atoms with Gasteiger partial charge < -0.3 is 14.4 Å². The maximum Gasteiger partial charge on any atom is 0.247 e. The number of hydroxylamine groups is 1. The molecule has 1 aromatic rings. The second kappa shape index (κ2) is 16.7. The van der Waals surface area contributed by atoms with Crippen molar-refractivity contribution in [2.45, 2.75) is 52.2 Å². The molecule has 13 heteroatoms. The van der Waals surface area contributed by atoms with Gasteiger partial charge in [-0.15, -0.1) is 4.41 Å². The quantitative estimate of drug-likeness (QED) is 0.306. The number of carbonyl (C=O) groups excluding carboxylic acids is 3. The Bertz CT molecular complexity index is 1150. The lowest BCUT2D eigenvalue weighted by atomic mass is 9.82. The fourth-order valence-electron chi connectivity index (χ4n) is 4.82. The zero-order valence-electron chi connectivity index (χ0n) is 24.7. The minimum Gasteiger partial charge on any atom is -0.378 e. The molecule has 0 aliphatic carbocycles. The van der Waals surface area contributed by atoms with Crippen molar-refractivity contribution < 1.29 is 37.1 Å². The number of sulfonamides is 1. The number of morpholine rings is 1. The summed E-state index contributed by atoms with van der Waals surface area (Å²) in [4.78, 5) is 47.1. The Balaban J connectivity index is 1.81. The molecular formula is C29H44N4O8S. The van der Waals surface area contributed by atoms with Crippen molar-refractivity contribution in [3.05, 3.63) is 42.0 Å². The number of carbonyl (C=O) groups is 3. The molecule has 1 aromatic carbocycles. The Morgan fingerprint density at radius 1 is 1.07 bits per heavy atom. The van der Waals surface area contributed by atoms with Gasteiger partial charge in [0.25, 0.3) is 0 Å². The SMILES string of the molecule is CC(C)C[C@@H](C(=O)NN(CC(=O)N1CCOCC1)S(C)(=O)=O)[C@H](C/C=C/c1ccccc1)C(=O)NOC1CCCCO1. The van der Waals surface area contributed by atoms with Gasteiger partial charge in [0.05, 0.1) is 31.3 Å². The number of hydrogen-bond acceptors (Lipinski definition) is 8. The van der Waals surface area contributed by atoms with E-state index in [0.29, 0.717) is 43.7 Å². The monoisotopic (exact) mass is 608 g/mol. The summed E-state index contributed by atoms with van der Waals surface area (Å²) < 4.78 is 36.7. The minimum atomic E-state index is -4.01. The number of hydrogen-bond donors (Lipinski definition) is 2. The first-order valence-corrected chi connectivity index (χ1v) is 16.3. The van der Waals surface area contributed by atoms with Gasteiger partial charge in [-0.25, -0.2) is 18.7 Å². The molecule has 3 amide bonds. The first kappa shape index (κ1) is 33.7. The van der Waals surface area contributed by atoms with E-state index < -0.39 is 52.4 Å². The van der Waals surface area contributed by atoms with Crippen LogP contribution in [0.5, 0.6) is 0 Å². The number of nitrogens with zero attached hydrogens (tertiary/aromatic N) is 2. The molecule has 3 rings (SSSR count). The van der Waals surface area contributed by atoms with E-state index in [1.54, 1.807) is 0 Å². The summed E-state index contributed by atoms with van der Waals surface area (Å²) in [6.07, 6.45) is 6.95. The lowest BCUT2D eigenvalue weighted by Gasteiger charge is -2.31. The molecule has 2 aliphatic rings. The number of rotatable bonds is 14. The highest BCUT2D eigenvalue weighted by Crippen LogP contribution is 2.26. The van der Waals surface area contributed by atoms with E-state index in [2.05, 4.69) is 10.9 Å². The van der Waals surface area contributed by atoms with E-state index >= 15 is 0 Å². The van der Waals surface area contributed by atoms with Crippen LogP contribution in [0.2, 0.25) is 0 Å². The summed E-state index contributed by atoms with van der Waals surface area (Å²) in [7, 11) is -4.01. The fraction of sp³-hybridized carbons (Fsp3) is 0.621. The van der Waals surface area contributed by atoms with Crippen LogP contribution in [-0.4, -0.2) is 87.5 Å². The van der Waals surface area contributed by atoms with Crippen LogP contribution in [0.1, 0.15) is 51.5 Å². The molecule has 2 heterocycles. The number of hydrazine groups is 1. The molecule has 234 valence electrons. The van der Waals surface area contributed by atoms with E-state index in [1.165, 1.54) is 4.90 Å². The largest absolute Gasteiger partial charge is 0.378 e. The molecule has 42 heavy (non-hydrogen) atoms. The first-order chi connectivity index (χ1) is 20.0. The van der Waals surface area contributed by atoms with Crippen molar-refractivity contribution in [2.75, 3.05) is 45.7 Å². The summed E-state index contributed by atoms with van der Waals surface area (Å²) in [6.45, 7) is 5.18. The van der Waals surface area contributed by atoms with Gasteiger partial charge in [0, 0.05) is 26.1 Å². The molecular weight excluding hydrogens is 564 g/mol. The van der Waals surface area contributed by atoms with Crippen LogP contribution in [-0.2, 0) is 38.7 Å². The predicted molar refractivity (Wildman–Crippen MR) is 156 cm³/mol. The lowest BCUT2D eigenvalue weighted by Crippen LogP contribution is -2.55. The molecule has 0 aromatic heterocycles. The van der Waals surface area contributed by atoms with Crippen molar-refractivity contribution in [1.82, 2.24) is 20.2 Å². The van der Waals surface area contributed by atoms with Gasteiger partial charge in [-0.05, 0) is 37.2 Å². The van der Waals surface area contributed by atoms with Crippen molar-refractivity contribution in [2.24, 2.45) is 17.8 Å². The highest BCUT2D eigenvalue weighted by Gasteiger charge is 2.37. The molecule has 3 atom stereocenters. The van der Waals surface area contributed by atoms with Crippen LogP contribution in [0.4, 0.5) is 0 Å². The maximum atomic E-state index is 13.7. The number of allylic oxidation sites excluding steroid dienone is 1. The smallest absolute Gasteiger partial charge is 0.247 e. The Labute approximate surface area is 248 Å². The molecule has 0 bridgehead atoms. The van der Waals surface area contributed by atoms with Crippen molar-refractivity contribution in [3.63, 3.8) is 0 Å². The zero-order valence-corrected chi connectivity index (χ0v) is 25.5. The molecule has 0 radical (unpaired) electrons. The second-order valence-corrected chi connectivity index (χ2v) is 12.9. The maximum absolute atomic E-state index is 13.7. The van der Waals surface area contributed by atoms with Crippen LogP contribution in [0, 0.1) is 17.8 Å². The molecule has 1 unspecified atom stereocenters. The van der Waals surface area contributed by atoms with Gasteiger partial charge >= 0.3 is 0 Å². The van der Waals surface area contributed by atoms with Crippen molar-refractivity contribution in [3.8, 4) is 0 Å². The number of ether oxygens (including phenoxy) is 2. The number of nitrogens with one attached hydrogen (secondary N) is 2. The Morgan fingerprint density at radius 3 is 2.40 bits per heavy atom. The van der Waals surface area contributed by atoms with Gasteiger partial charge in [-0.1, -0.05) is 56.3 Å². The third kappa shape index (κ3) is 11.1. The summed E-state index contributed by atoms with van der Waals surface area (Å²) in [6, 6.07) is 9.54. The van der Waals surface area contributed by atoms with Gasteiger partial charge in [-0.2, -0.15) is 0 Å². The third-order valence-corrected chi connectivity index (χ3v) is 8.11. The van der Waals surface area contributed by atoms with Gasteiger partial charge in [0.2, 0.25) is 27.7 Å². The summed E-state index contributed by atoms with van der Waals surface area (Å²) >= 11 is 0. The van der Waals surface area contributed by atoms with Crippen LogP contribution in [0.15, 0.2) is 36.4 Å². The third-order valence-electron chi connectivity index (χ3n) is 7.09. The van der Waals surface area contributed by atoms with E-state index in [9.17, 15) is 22.8 Å². The van der Waals surface area contributed by atoms with Gasteiger partial charge in [-0.3, -0.25) is 19.8 Å². The summed E-state index contributed by atoms with van der Waals surface area (Å²) in [5, 5.41) is 0. The Morgan fingerprint density at radius 2 is 1.79 bits per heavy atom. The number of benzene rings is 1. The lowest BCUT2D eigenvalue weighted by molar-refractivity contribution is -0.203. The van der Waals surface area contributed by atoms with Crippen molar-refractivity contribution in [1.29, 1.82) is 0 Å². The molecule has 2 fully saturated rings. The summed E-state index contributed by atoms with van der Waals surface area (Å²) in [5.74, 6) is -3.47. The molecule has 12 nitrogen and oxygen atoms in total. The standard InChI is InChI=1S/C29H44N4O8S/c1-22(2)20-25(28(35)30-33(42(3,37)38)21-26(34)32-15-18-39-19-16-32)24(13-9-12-23-10-5-4-6-11-23)29(36)31-41-27-14-7-8-17-40-27/h4-6,9-12,22,24-25,27H,7-8,13-21H2,1-3H3,(H,30,35)(H,31,36)/b12-9+/t24-,25+,27?/m0/s1. The second-order valence-electron chi connectivity index (χ2n) is 11.0. The minimum absolute atomic E-state index is 0.00147. The normalized spacial score (nSPS) is 19.5. The van der Waals surface area contributed by atoms with Crippen LogP contribution >= 0.6 is 0 Å². The van der Waals surface area contributed by atoms with Gasteiger partial charge in [0.1, 0.15) is 6.54 Å². The zero-order chi connectivity index (χ0) is 30.5. The Kier molecular flexibility index (Phi) is 13.4. The molecule has 2 saturated heterocycles. The molecule has 0 spiro atoms. The fourth-order valence-corrected chi connectivity index (χ4v) is 5.42. The van der Waals surface area contributed by atoms with E-state index in [4.69, 9.17) is 14.3 Å². The average Bonchev–Trinajstić information content (AvgIpc) is 2.97. The van der Waals surface area contributed by atoms with Crippen LogP contribution < -0.4 is 10.9 Å². The molecule has 2 N–H and O–H groups in total. The van der Waals surface area contributed by atoms with E-state index in [-0.39, 0.29) is 18.8 Å². The highest BCUT2D eigenvalue weighted by molar-refractivity contribution is 7.88. The van der Waals surface area contributed by atoms with E-state index in [1.807, 2.05) is 56.3 Å². The van der Waals surface area contributed by atoms with Gasteiger partial charge in [0.15, 0.2) is 6.29 Å². The molecule has 0 saturated carbocycles. The highest BCUT2D eigenvalue weighted by atomic mass is 32.2. The topological polar surface area (TPSA) is 144 Å². The van der Waals surface area contributed by atoms with Crippen LogP contribution in [0.25, 0.3) is 6.08 Å². The van der Waals surface area contributed by atoms with Crippen LogP contribution in [0.3, 0.4) is 0 Å². The van der Waals surface area contributed by atoms with Crippen molar-refractivity contribution >= 4 is 33.8 Å².